The molecule has 3 aliphatic carbocycles. The average Bonchev–Trinajstić information content (AvgIpc) is 3.41. The Kier molecular flexibility index (Phi) is 10.2. The van der Waals surface area contributed by atoms with Gasteiger partial charge in [0.1, 0.15) is 25.3 Å². The molecule has 2 bridgehead atoms. The Morgan fingerprint density at radius 3 is 2.13 bits per heavy atom. The van der Waals surface area contributed by atoms with Crippen molar-refractivity contribution in [2.75, 3.05) is 20.5 Å². The van der Waals surface area contributed by atoms with Crippen molar-refractivity contribution in [2.45, 2.75) is 97.8 Å². The molecule has 0 radical (unpaired) electrons. The second kappa shape index (κ2) is 13.4. The van der Waals surface area contributed by atoms with Gasteiger partial charge in [-0.15, -0.1) is 6.58 Å². The van der Waals surface area contributed by atoms with Crippen LogP contribution in [0.5, 0.6) is 0 Å². The van der Waals surface area contributed by atoms with Gasteiger partial charge in [-0.05, 0) is 58.3 Å². The van der Waals surface area contributed by atoms with Crippen LogP contribution >= 0.6 is 0 Å². The third kappa shape index (κ3) is 5.89. The smallest absolute Gasteiger partial charge is 0.331 e. The van der Waals surface area contributed by atoms with Crippen LogP contribution in [0.25, 0.3) is 0 Å². The van der Waals surface area contributed by atoms with E-state index < -0.39 is 31.2 Å². The highest BCUT2D eigenvalue weighted by Gasteiger charge is 2.68. The highest BCUT2D eigenvalue weighted by atomic mass is 28.4. The average molecular weight is 661 g/mol. The van der Waals surface area contributed by atoms with E-state index in [1.807, 2.05) is 42.5 Å². The number of esters is 1. The van der Waals surface area contributed by atoms with Gasteiger partial charge in [0.05, 0.1) is 6.10 Å². The number of hydrogen-bond acceptors (Lipinski definition) is 6. The molecule has 6 nitrogen and oxygen atoms in total. The minimum atomic E-state index is -2.96. The van der Waals surface area contributed by atoms with Gasteiger partial charge in [0.25, 0.3) is 8.32 Å². The van der Waals surface area contributed by atoms with Crippen molar-refractivity contribution in [3.63, 3.8) is 0 Å². The fourth-order valence-electron chi connectivity index (χ4n) is 10.1. The summed E-state index contributed by atoms with van der Waals surface area (Å²) in [6.07, 6.45) is 5.01. The van der Waals surface area contributed by atoms with Gasteiger partial charge in [-0.2, -0.15) is 0 Å². The summed E-state index contributed by atoms with van der Waals surface area (Å²) in [6.45, 7) is 19.7. The van der Waals surface area contributed by atoms with E-state index in [9.17, 15) is 9.59 Å². The molecule has 3 aliphatic rings. The van der Waals surface area contributed by atoms with Crippen molar-refractivity contribution >= 4 is 30.4 Å². The first-order valence-electron chi connectivity index (χ1n) is 17.4. The predicted octanol–water partition coefficient (Wildman–Crippen LogP) is 7.10. The fraction of sp³-hybridized carbons (Fsp3) is 0.600. The summed E-state index contributed by atoms with van der Waals surface area (Å²) in [5, 5.41) is 1.94. The van der Waals surface area contributed by atoms with E-state index in [0.29, 0.717) is 18.6 Å². The molecule has 1 unspecified atom stereocenters. The quantitative estimate of drug-likeness (QED) is 0.117. The van der Waals surface area contributed by atoms with Crippen molar-refractivity contribution < 1.29 is 28.2 Å². The Morgan fingerprint density at radius 1 is 1.00 bits per heavy atom. The minimum absolute atomic E-state index is 0.0963. The molecule has 5 rings (SSSR count). The number of methoxy groups -OCH3 is 1. The molecule has 0 aliphatic heterocycles. The molecule has 0 saturated heterocycles. The van der Waals surface area contributed by atoms with E-state index >= 15 is 0 Å². The maximum absolute atomic E-state index is 14.3. The van der Waals surface area contributed by atoms with Gasteiger partial charge in [0.2, 0.25) is 0 Å². The molecule has 0 heterocycles. The molecular formula is C40H56O6Si. The van der Waals surface area contributed by atoms with Crippen LogP contribution in [0.3, 0.4) is 0 Å². The van der Waals surface area contributed by atoms with Crippen molar-refractivity contribution in [3.05, 3.63) is 73.3 Å². The van der Waals surface area contributed by atoms with E-state index in [2.05, 4.69) is 79.3 Å². The Bertz CT molecular complexity index is 1380. The molecule has 8 atom stereocenters. The topological polar surface area (TPSA) is 71.1 Å². The normalized spacial score (nSPS) is 34.2. The van der Waals surface area contributed by atoms with Crippen LogP contribution in [0.2, 0.25) is 5.04 Å². The maximum Gasteiger partial charge on any atom is 0.331 e. The summed E-state index contributed by atoms with van der Waals surface area (Å²) in [5.41, 5.74) is -1.30. The van der Waals surface area contributed by atoms with Gasteiger partial charge in [-0.1, -0.05) is 115 Å². The number of benzene rings is 2. The number of carbonyl (C=O) groups excluding carboxylic acids is 2. The van der Waals surface area contributed by atoms with Crippen LogP contribution in [-0.4, -0.2) is 52.8 Å². The summed E-state index contributed by atoms with van der Waals surface area (Å²) < 4.78 is 25.6. The van der Waals surface area contributed by atoms with Crippen molar-refractivity contribution in [3.8, 4) is 0 Å². The molecular weight excluding hydrogens is 605 g/mol. The van der Waals surface area contributed by atoms with Crippen molar-refractivity contribution in [1.29, 1.82) is 0 Å². The zero-order valence-corrected chi connectivity index (χ0v) is 30.8. The standard InChI is InChI=1S/C40H56O6Si/c1-10-38(7)25-33(39(8)28(2)21-23-40(24-22-32(41)35(39)40)29(3)36(38)44-27-43-9)46-34(42)26-45-47(37(4,5)6,30-17-13-11-14-18-30)31-19-15-12-16-20-31/h10-20,28-29,33,35-36H,1,21-27H2,2-9H3/t28?,29-,33+,35-,36-,38+,39-,40-/m0/s1. The molecule has 3 fully saturated rings. The third-order valence-electron chi connectivity index (χ3n) is 12.7. The lowest BCUT2D eigenvalue weighted by molar-refractivity contribution is -0.223. The lowest BCUT2D eigenvalue weighted by Gasteiger charge is -2.62. The zero-order valence-electron chi connectivity index (χ0n) is 29.8. The van der Waals surface area contributed by atoms with Crippen LogP contribution < -0.4 is 10.4 Å². The van der Waals surface area contributed by atoms with Gasteiger partial charge < -0.3 is 18.6 Å². The minimum Gasteiger partial charge on any atom is -0.460 e. The van der Waals surface area contributed by atoms with Crippen molar-refractivity contribution in [1.82, 2.24) is 0 Å². The largest absolute Gasteiger partial charge is 0.460 e. The molecule has 2 aromatic carbocycles. The van der Waals surface area contributed by atoms with Crippen LogP contribution in [0.1, 0.15) is 80.6 Å². The second-order valence-electron chi connectivity index (χ2n) is 16.1. The summed E-state index contributed by atoms with van der Waals surface area (Å²) in [4.78, 5) is 28.3. The lowest BCUT2D eigenvalue weighted by atomic mass is 9.44. The Hall–Kier alpha value is -2.58. The monoisotopic (exact) mass is 660 g/mol. The van der Waals surface area contributed by atoms with Gasteiger partial charge in [0.15, 0.2) is 0 Å². The number of rotatable bonds is 10. The maximum atomic E-state index is 14.3. The van der Waals surface area contributed by atoms with E-state index in [1.54, 1.807) is 7.11 Å². The highest BCUT2D eigenvalue weighted by Crippen LogP contribution is 2.68. The molecule has 0 N–H and O–H groups in total. The molecule has 7 heteroatoms. The number of ether oxygens (including phenoxy) is 3. The molecule has 0 aromatic heterocycles. The summed E-state index contributed by atoms with van der Waals surface area (Å²) in [6, 6.07) is 20.7. The Balaban J connectivity index is 1.54. The first-order valence-corrected chi connectivity index (χ1v) is 19.3. The van der Waals surface area contributed by atoms with Crippen molar-refractivity contribution in [2.24, 2.45) is 34.0 Å². The third-order valence-corrected chi connectivity index (χ3v) is 17.7. The summed E-state index contributed by atoms with van der Waals surface area (Å²) in [7, 11) is -1.33. The highest BCUT2D eigenvalue weighted by molar-refractivity contribution is 6.99. The number of hydrogen-bond donors (Lipinski definition) is 0. The lowest BCUT2D eigenvalue weighted by Crippen LogP contribution is -2.67. The zero-order chi connectivity index (χ0) is 34.3. The van der Waals surface area contributed by atoms with E-state index in [-0.39, 0.29) is 47.7 Å². The van der Waals surface area contributed by atoms with Gasteiger partial charge in [-0.3, -0.25) is 4.79 Å². The van der Waals surface area contributed by atoms with Gasteiger partial charge >= 0.3 is 5.97 Å². The van der Waals surface area contributed by atoms with Crippen LogP contribution in [0.15, 0.2) is 73.3 Å². The molecule has 2 aromatic rings. The number of Topliss-reactive ketones (excluding diaryl/α,β-unsaturated/α-hetero) is 1. The fourth-order valence-corrected chi connectivity index (χ4v) is 14.6. The van der Waals surface area contributed by atoms with E-state index in [0.717, 1.165) is 29.6 Å². The SMILES string of the molecule is C=C[C@]1(C)C[C@@H](OC(=O)CO[Si](c2ccccc2)(c2ccccc2)C(C)(C)C)[C@]2(C)C(C)CC[C@]3(CCC(=O)[C@H]32)[C@@H](C)[C@@H]1OCOC. The number of carbonyl (C=O) groups is 2. The first kappa shape index (κ1) is 35.7. The molecule has 0 amide bonds. The molecule has 0 spiro atoms. The van der Waals surface area contributed by atoms with Crippen LogP contribution in [-0.2, 0) is 28.2 Å². The Morgan fingerprint density at radius 2 is 1.60 bits per heavy atom. The summed E-state index contributed by atoms with van der Waals surface area (Å²) in [5.74, 6) is -0.0300. The Labute approximate surface area is 283 Å². The van der Waals surface area contributed by atoms with E-state index in [4.69, 9.17) is 18.6 Å². The summed E-state index contributed by atoms with van der Waals surface area (Å²) >= 11 is 0. The molecule has 47 heavy (non-hydrogen) atoms. The van der Waals surface area contributed by atoms with Gasteiger partial charge in [-0.25, -0.2) is 4.79 Å². The van der Waals surface area contributed by atoms with Gasteiger partial charge in [0, 0.05) is 30.3 Å². The molecule has 3 saturated carbocycles. The first-order chi connectivity index (χ1) is 22.2. The molecule has 256 valence electrons. The van der Waals surface area contributed by atoms with Crippen LogP contribution in [0.4, 0.5) is 0 Å². The predicted molar refractivity (Wildman–Crippen MR) is 189 cm³/mol. The van der Waals surface area contributed by atoms with E-state index in [1.165, 1.54) is 0 Å². The van der Waals surface area contributed by atoms with Crippen LogP contribution in [0, 0.1) is 34.0 Å². The number of ketones is 1. The second-order valence-corrected chi connectivity index (χ2v) is 20.4.